The van der Waals surface area contributed by atoms with Gasteiger partial charge in [-0.3, -0.25) is 0 Å². The fourth-order valence-corrected chi connectivity index (χ4v) is 0. The molecule has 0 aromatic carbocycles. The van der Waals surface area contributed by atoms with Crippen LogP contribution in [0.25, 0.3) is 0 Å². The van der Waals surface area contributed by atoms with Crippen LogP contribution in [-0.4, -0.2) is 4.21 Å². The second kappa shape index (κ2) is 2.65. The van der Waals surface area contributed by atoms with Gasteiger partial charge in [-0.15, -0.1) is 0 Å². The van der Waals surface area contributed by atoms with Gasteiger partial charge in [-0.2, -0.15) is 0 Å². The van der Waals surface area contributed by atoms with E-state index in [1.807, 2.05) is 0 Å². The normalized spacial score (nSPS) is 14.8. The summed E-state index contributed by atoms with van der Waals surface area (Å²) < 4.78 is 13.1. The summed E-state index contributed by atoms with van der Waals surface area (Å²) in [6, 6.07) is 0. The van der Waals surface area contributed by atoms with Crippen LogP contribution in [-0.2, 0) is 14.9 Å². The first-order chi connectivity index (χ1) is 2.27. The third-order valence-electron chi connectivity index (χ3n) is 0.0735. The molecule has 0 saturated heterocycles. The van der Waals surface area contributed by atoms with E-state index in [1.54, 1.807) is 0 Å². The summed E-state index contributed by atoms with van der Waals surface area (Å²) in [5.41, 5.74) is 0. The molecule has 0 aliphatic rings. The maximum absolute atomic E-state index is 9.40. The van der Waals surface area contributed by atoms with Crippen molar-refractivity contribution < 1.29 is 7.84 Å². The van der Waals surface area contributed by atoms with Crippen molar-refractivity contribution in [2.45, 2.75) is 0 Å². The smallest absolute Gasteiger partial charge is 0.227 e. The molecule has 0 radical (unpaired) electrons. The van der Waals surface area contributed by atoms with E-state index in [1.165, 1.54) is 0 Å². The van der Waals surface area contributed by atoms with Gasteiger partial charge in [-0.05, 0) is 12.9 Å². The molecule has 0 bridgehead atoms. The average molecular weight is 113 g/mol. The number of hydrogen-bond donors (Lipinski definition) is 2. The Balaban J connectivity index is 2.85. The molecule has 5 heteroatoms. The minimum atomic E-state index is -1.71. The van der Waals surface area contributed by atoms with Gasteiger partial charge in [0.2, 0.25) is 11.3 Å². The zero-order valence-electron chi connectivity index (χ0n) is 2.25. The fourth-order valence-electron chi connectivity index (χ4n) is 0. The Morgan fingerprint density at radius 2 is 2.20 bits per heavy atom. The molecule has 0 amide bonds. The molecule has 0 rings (SSSR count). The highest BCUT2D eigenvalue weighted by atomic mass is 32.2. The van der Waals surface area contributed by atoms with Crippen LogP contribution in [0, 0.1) is 0 Å². The highest BCUT2D eigenvalue weighted by molar-refractivity contribution is 7.90. The highest BCUT2D eigenvalue weighted by Gasteiger charge is 1.74. The zero-order valence-corrected chi connectivity index (χ0v) is 3.96. The molecular formula is H3NO2S2. The van der Waals surface area contributed by atoms with Crippen LogP contribution in [0.15, 0.2) is 0 Å². The Morgan fingerprint density at radius 3 is 2.20 bits per heavy atom. The summed E-state index contributed by atoms with van der Waals surface area (Å²) in [5, 5.41) is 4.47. The molecule has 0 fully saturated rings. The van der Waals surface area contributed by atoms with Crippen LogP contribution < -0.4 is 5.14 Å². The number of rotatable bonds is 1. The van der Waals surface area contributed by atoms with E-state index in [0.29, 0.717) is 0 Å². The molecule has 0 aliphatic heterocycles. The third-order valence-corrected chi connectivity index (χ3v) is 0.661. The van der Waals surface area contributed by atoms with Crippen molar-refractivity contribution in [2.24, 2.45) is 5.14 Å². The molecule has 1 atom stereocenters. The van der Waals surface area contributed by atoms with E-state index in [-0.39, 0.29) is 0 Å². The number of thiol groups is 1. The summed E-state index contributed by atoms with van der Waals surface area (Å²) in [6.45, 7) is 0. The van der Waals surface area contributed by atoms with Crippen LogP contribution >= 0.6 is 12.9 Å². The average Bonchev–Trinajstić information content (AvgIpc) is 1.38. The lowest BCUT2D eigenvalue weighted by molar-refractivity contribution is 0.616. The fraction of sp³-hybridized carbons (Fsp3) is 0. The first-order valence-electron chi connectivity index (χ1n) is 0.752. The van der Waals surface area contributed by atoms with Gasteiger partial charge >= 0.3 is 0 Å². The van der Waals surface area contributed by atoms with E-state index in [0.717, 1.165) is 0 Å². The Labute approximate surface area is 37.9 Å². The van der Waals surface area contributed by atoms with Crippen LogP contribution in [0.3, 0.4) is 0 Å². The number of hydrogen-bond acceptors (Lipinski definition) is 3. The molecule has 0 spiro atoms. The summed E-state index contributed by atoms with van der Waals surface area (Å²) in [4.78, 5) is 0. The van der Waals surface area contributed by atoms with Crippen molar-refractivity contribution in [2.75, 3.05) is 0 Å². The van der Waals surface area contributed by atoms with Crippen molar-refractivity contribution in [3.63, 3.8) is 0 Å². The molecule has 5 heavy (non-hydrogen) atoms. The van der Waals surface area contributed by atoms with Gasteiger partial charge in [-0.25, -0.2) is 13.0 Å². The molecule has 32 valence electrons. The molecule has 0 saturated carbocycles. The van der Waals surface area contributed by atoms with Crippen molar-refractivity contribution in [1.29, 1.82) is 0 Å². The maximum atomic E-state index is 9.40. The van der Waals surface area contributed by atoms with Crippen LogP contribution in [0.5, 0.6) is 0 Å². The Bertz CT molecular complexity index is 42.9. The van der Waals surface area contributed by atoms with Crippen molar-refractivity contribution in [3.05, 3.63) is 0 Å². The Morgan fingerprint density at radius 1 is 2.00 bits per heavy atom. The summed E-state index contributed by atoms with van der Waals surface area (Å²) in [6.07, 6.45) is 0. The van der Waals surface area contributed by atoms with Crippen molar-refractivity contribution in [1.82, 2.24) is 0 Å². The predicted molar refractivity (Wildman–Crippen MR) is 22.4 cm³/mol. The first kappa shape index (κ1) is 5.42. The van der Waals surface area contributed by atoms with Crippen molar-refractivity contribution >= 4 is 24.2 Å². The molecule has 0 aromatic heterocycles. The molecule has 0 aromatic rings. The lowest BCUT2D eigenvalue weighted by Crippen LogP contribution is -1.99. The van der Waals surface area contributed by atoms with E-state index in [4.69, 9.17) is 0 Å². The van der Waals surface area contributed by atoms with Crippen LogP contribution in [0.1, 0.15) is 0 Å². The van der Waals surface area contributed by atoms with E-state index < -0.39 is 11.3 Å². The second-order valence-electron chi connectivity index (χ2n) is 0.335. The molecule has 2 N–H and O–H groups in total. The zero-order chi connectivity index (χ0) is 4.28. The van der Waals surface area contributed by atoms with Crippen LogP contribution in [0.4, 0.5) is 0 Å². The van der Waals surface area contributed by atoms with E-state index >= 15 is 0 Å². The van der Waals surface area contributed by atoms with Gasteiger partial charge in [0.25, 0.3) is 0 Å². The lowest BCUT2D eigenvalue weighted by atomic mass is 13.9. The minimum absolute atomic E-state index is 1.71. The minimum Gasteiger partial charge on any atom is -0.227 e. The van der Waals surface area contributed by atoms with E-state index in [2.05, 4.69) is 21.7 Å². The van der Waals surface area contributed by atoms with Gasteiger partial charge in [0, 0.05) is 0 Å². The van der Waals surface area contributed by atoms with Gasteiger partial charge in [0.05, 0.1) is 0 Å². The Hall–Kier alpha value is 0.420. The van der Waals surface area contributed by atoms with Gasteiger partial charge in [-0.1, -0.05) is 0 Å². The van der Waals surface area contributed by atoms with Gasteiger partial charge in [0.1, 0.15) is 0 Å². The summed E-state index contributed by atoms with van der Waals surface area (Å²) >= 11 is 1.38. The topological polar surface area (TPSA) is 52.3 Å². The monoisotopic (exact) mass is 113 g/mol. The molecular weight excluding hydrogens is 110 g/mol. The van der Waals surface area contributed by atoms with Gasteiger partial charge < -0.3 is 0 Å². The van der Waals surface area contributed by atoms with E-state index in [9.17, 15) is 4.21 Å². The maximum Gasteiger partial charge on any atom is 0.243 e. The third kappa shape index (κ3) is 4.42. The number of nitrogens with two attached hydrogens (primary N) is 1. The van der Waals surface area contributed by atoms with Crippen LogP contribution in [0.2, 0.25) is 0 Å². The standard InChI is InChI=1S/H3NO2S2/c1-5(2)3-4/h4H,1H2/t5-/m0/s1. The quantitative estimate of drug-likeness (QED) is 0.352. The molecule has 0 aliphatic carbocycles. The summed E-state index contributed by atoms with van der Waals surface area (Å²) in [7, 11) is 0. The molecule has 3 nitrogen and oxygen atoms in total. The van der Waals surface area contributed by atoms with Gasteiger partial charge in [0.15, 0.2) is 0 Å². The van der Waals surface area contributed by atoms with Crippen molar-refractivity contribution in [3.8, 4) is 0 Å². The largest absolute Gasteiger partial charge is 0.243 e. The SMILES string of the molecule is N[S@@](=O)OS. The lowest BCUT2D eigenvalue weighted by Gasteiger charge is -1.76. The second-order valence-corrected chi connectivity index (χ2v) is 1.45. The predicted octanol–water partition coefficient (Wildman–Crippen LogP) is -0.615. The molecule has 0 unspecified atom stereocenters. The summed E-state index contributed by atoms with van der Waals surface area (Å²) in [5.74, 6) is 0. The Kier molecular flexibility index (Phi) is 2.87. The first-order valence-corrected chi connectivity index (χ1v) is 2.25. The highest BCUT2D eigenvalue weighted by Crippen LogP contribution is 1.74. The molecule has 0 heterocycles.